The molecule has 1 amide bonds. The van der Waals surface area contributed by atoms with E-state index in [1.165, 1.54) is 10.7 Å². The lowest BCUT2D eigenvalue weighted by Gasteiger charge is -2.34. The van der Waals surface area contributed by atoms with Crippen molar-refractivity contribution < 1.29 is 4.79 Å². The lowest BCUT2D eigenvalue weighted by Crippen LogP contribution is -2.39. The number of amides is 1. The molecule has 0 aliphatic carbocycles. The summed E-state index contributed by atoms with van der Waals surface area (Å²) in [6.45, 7) is 3.19. The van der Waals surface area contributed by atoms with Crippen molar-refractivity contribution in [2.75, 3.05) is 6.54 Å². The third-order valence-electron chi connectivity index (χ3n) is 4.88. The first-order valence-corrected chi connectivity index (χ1v) is 10.2. The number of para-hydroxylation sites is 1. The van der Waals surface area contributed by atoms with Crippen molar-refractivity contribution in [1.82, 2.24) is 19.7 Å². The number of aryl methyl sites for hydroxylation is 1. The first kappa shape index (κ1) is 17.9. The van der Waals surface area contributed by atoms with E-state index in [0.29, 0.717) is 18.8 Å². The zero-order valence-corrected chi connectivity index (χ0v) is 16.1. The molecule has 4 rings (SSSR count). The molecule has 27 heavy (non-hydrogen) atoms. The number of benzene rings is 1. The van der Waals surface area contributed by atoms with Crippen LogP contribution in [-0.2, 0) is 6.54 Å². The van der Waals surface area contributed by atoms with Gasteiger partial charge in [0.2, 0.25) is 0 Å². The summed E-state index contributed by atoms with van der Waals surface area (Å²) in [4.78, 5) is 31.8. The molecular weight excluding hydrogens is 360 g/mol. The number of carbonyl (C=O) groups is 1. The number of nitrogens with zero attached hydrogens (tertiary/aromatic N) is 4. The SMILES string of the molecule is CCCn1nc(C(=O)N2CCCCC2c2nc3ccccc3s2)ccc1=O. The fourth-order valence-corrected chi connectivity index (χ4v) is 4.66. The second-order valence-electron chi connectivity index (χ2n) is 6.81. The Bertz CT molecular complexity index is 993. The first-order chi connectivity index (χ1) is 13.2. The van der Waals surface area contributed by atoms with E-state index >= 15 is 0 Å². The van der Waals surface area contributed by atoms with Gasteiger partial charge in [0.05, 0.1) is 16.3 Å². The number of fused-ring (bicyclic) bond motifs is 1. The van der Waals surface area contributed by atoms with Gasteiger partial charge in [0, 0.05) is 19.2 Å². The summed E-state index contributed by atoms with van der Waals surface area (Å²) < 4.78 is 2.52. The van der Waals surface area contributed by atoms with Crippen LogP contribution < -0.4 is 5.56 Å². The average Bonchev–Trinajstić information content (AvgIpc) is 3.13. The molecule has 0 N–H and O–H groups in total. The Labute approximate surface area is 161 Å². The van der Waals surface area contributed by atoms with E-state index in [-0.39, 0.29) is 17.5 Å². The molecule has 3 aromatic rings. The molecule has 1 saturated heterocycles. The highest BCUT2D eigenvalue weighted by atomic mass is 32.1. The lowest BCUT2D eigenvalue weighted by atomic mass is 10.0. The van der Waals surface area contributed by atoms with Crippen LogP contribution in [0.25, 0.3) is 10.2 Å². The average molecular weight is 382 g/mol. The van der Waals surface area contributed by atoms with Crippen LogP contribution in [0.1, 0.15) is 54.1 Å². The molecule has 0 spiro atoms. The van der Waals surface area contributed by atoms with E-state index in [4.69, 9.17) is 4.98 Å². The molecule has 7 heteroatoms. The van der Waals surface area contributed by atoms with Gasteiger partial charge in [-0.2, -0.15) is 5.10 Å². The van der Waals surface area contributed by atoms with Gasteiger partial charge in [-0.05, 0) is 43.9 Å². The van der Waals surface area contributed by atoms with E-state index in [1.807, 2.05) is 30.0 Å². The van der Waals surface area contributed by atoms with Crippen LogP contribution in [0.15, 0.2) is 41.2 Å². The number of carbonyl (C=O) groups excluding carboxylic acids is 1. The van der Waals surface area contributed by atoms with Gasteiger partial charge < -0.3 is 4.90 Å². The van der Waals surface area contributed by atoms with Gasteiger partial charge in [-0.1, -0.05) is 19.1 Å². The molecule has 1 fully saturated rings. The first-order valence-electron chi connectivity index (χ1n) is 9.42. The van der Waals surface area contributed by atoms with Gasteiger partial charge in [0.15, 0.2) is 0 Å². The van der Waals surface area contributed by atoms with Crippen LogP contribution in [-0.4, -0.2) is 32.1 Å². The molecule has 1 unspecified atom stereocenters. The lowest BCUT2D eigenvalue weighted by molar-refractivity contribution is 0.0602. The number of aromatic nitrogens is 3. The summed E-state index contributed by atoms with van der Waals surface area (Å²) in [5, 5.41) is 5.28. The maximum absolute atomic E-state index is 13.2. The van der Waals surface area contributed by atoms with Gasteiger partial charge in [-0.15, -0.1) is 11.3 Å². The minimum absolute atomic E-state index is 0.0306. The highest BCUT2D eigenvalue weighted by Crippen LogP contribution is 2.36. The van der Waals surface area contributed by atoms with Crippen molar-refractivity contribution in [1.29, 1.82) is 0 Å². The number of likely N-dealkylation sites (tertiary alicyclic amines) is 1. The number of hydrogen-bond acceptors (Lipinski definition) is 5. The van der Waals surface area contributed by atoms with Crippen molar-refractivity contribution in [2.24, 2.45) is 0 Å². The predicted molar refractivity (Wildman–Crippen MR) is 106 cm³/mol. The third kappa shape index (κ3) is 3.51. The standard InChI is InChI=1S/C20H22N4O2S/c1-2-12-24-18(25)11-10-15(22-24)20(26)23-13-6-5-8-16(23)19-21-14-7-3-4-9-17(14)27-19/h3-4,7,9-11,16H,2,5-6,8,12-13H2,1H3. The van der Waals surface area contributed by atoms with Crippen LogP contribution in [0.3, 0.4) is 0 Å². The largest absolute Gasteiger partial charge is 0.328 e. The van der Waals surface area contributed by atoms with Gasteiger partial charge in [0.1, 0.15) is 10.7 Å². The van der Waals surface area contributed by atoms with Crippen molar-refractivity contribution >= 4 is 27.5 Å². The zero-order valence-electron chi connectivity index (χ0n) is 15.3. The molecule has 2 aromatic heterocycles. The highest BCUT2D eigenvalue weighted by Gasteiger charge is 2.31. The minimum Gasteiger partial charge on any atom is -0.328 e. The second kappa shape index (κ2) is 7.60. The topological polar surface area (TPSA) is 68.1 Å². The molecule has 1 aliphatic rings. The Morgan fingerprint density at radius 1 is 1.22 bits per heavy atom. The van der Waals surface area contributed by atoms with Crippen molar-refractivity contribution in [3.05, 3.63) is 57.5 Å². The minimum atomic E-state index is -0.172. The van der Waals surface area contributed by atoms with Gasteiger partial charge in [0.25, 0.3) is 11.5 Å². The Hall–Kier alpha value is -2.54. The summed E-state index contributed by atoms with van der Waals surface area (Å²) in [7, 11) is 0. The quantitative estimate of drug-likeness (QED) is 0.691. The van der Waals surface area contributed by atoms with Crippen molar-refractivity contribution in [2.45, 2.75) is 45.2 Å². The Balaban J connectivity index is 1.66. The fraction of sp³-hybridized carbons (Fsp3) is 0.400. The monoisotopic (exact) mass is 382 g/mol. The number of hydrogen-bond donors (Lipinski definition) is 0. The number of thiazole rings is 1. The Morgan fingerprint density at radius 3 is 2.89 bits per heavy atom. The fourth-order valence-electron chi connectivity index (χ4n) is 3.55. The molecule has 3 heterocycles. The molecule has 140 valence electrons. The van der Waals surface area contributed by atoms with Crippen LogP contribution in [0.2, 0.25) is 0 Å². The second-order valence-corrected chi connectivity index (χ2v) is 7.87. The molecule has 1 aliphatic heterocycles. The molecule has 1 aromatic carbocycles. The van der Waals surface area contributed by atoms with Crippen LogP contribution in [0.5, 0.6) is 0 Å². The maximum atomic E-state index is 13.2. The number of rotatable bonds is 4. The van der Waals surface area contributed by atoms with E-state index < -0.39 is 0 Å². The van der Waals surface area contributed by atoms with E-state index in [0.717, 1.165) is 40.9 Å². The normalized spacial score (nSPS) is 17.4. The van der Waals surface area contributed by atoms with Crippen molar-refractivity contribution in [3.8, 4) is 0 Å². The molecule has 0 saturated carbocycles. The maximum Gasteiger partial charge on any atom is 0.274 e. The zero-order chi connectivity index (χ0) is 18.8. The molecule has 1 atom stereocenters. The molecule has 0 bridgehead atoms. The predicted octanol–water partition coefficient (Wildman–Crippen LogP) is 3.63. The van der Waals surface area contributed by atoms with Crippen LogP contribution >= 0.6 is 11.3 Å². The summed E-state index contributed by atoms with van der Waals surface area (Å²) in [6.07, 6.45) is 3.75. The van der Waals surface area contributed by atoms with Gasteiger partial charge in [-0.3, -0.25) is 9.59 Å². The van der Waals surface area contributed by atoms with Crippen LogP contribution in [0, 0.1) is 0 Å². The summed E-state index contributed by atoms with van der Waals surface area (Å²) >= 11 is 1.65. The summed E-state index contributed by atoms with van der Waals surface area (Å²) in [6, 6.07) is 11.0. The highest BCUT2D eigenvalue weighted by molar-refractivity contribution is 7.18. The number of piperidine rings is 1. The molecule has 6 nitrogen and oxygen atoms in total. The van der Waals surface area contributed by atoms with Crippen LogP contribution in [0.4, 0.5) is 0 Å². The Morgan fingerprint density at radius 2 is 2.07 bits per heavy atom. The third-order valence-corrected chi connectivity index (χ3v) is 6.02. The summed E-state index contributed by atoms with van der Waals surface area (Å²) in [5.74, 6) is -0.121. The molecule has 0 radical (unpaired) electrons. The van der Waals surface area contributed by atoms with E-state index in [9.17, 15) is 9.59 Å². The smallest absolute Gasteiger partial charge is 0.274 e. The van der Waals surface area contributed by atoms with E-state index in [1.54, 1.807) is 17.4 Å². The van der Waals surface area contributed by atoms with Crippen molar-refractivity contribution in [3.63, 3.8) is 0 Å². The van der Waals surface area contributed by atoms with E-state index in [2.05, 4.69) is 11.2 Å². The molecular formula is C20H22N4O2S. The van der Waals surface area contributed by atoms with Gasteiger partial charge >= 0.3 is 0 Å². The Kier molecular flexibility index (Phi) is 5.03. The summed E-state index contributed by atoms with van der Waals surface area (Å²) in [5.41, 5.74) is 1.14. The van der Waals surface area contributed by atoms with Gasteiger partial charge in [-0.25, -0.2) is 9.67 Å².